The lowest BCUT2D eigenvalue weighted by molar-refractivity contribution is -0.288. The van der Waals surface area contributed by atoms with Gasteiger partial charge in [0.2, 0.25) is 5.41 Å². The van der Waals surface area contributed by atoms with Crippen molar-refractivity contribution in [3.05, 3.63) is 236 Å². The monoisotopic (exact) mass is 1820 g/mol. The predicted octanol–water partition coefficient (Wildman–Crippen LogP) is 17.4. The molecule has 0 aliphatic carbocycles. The van der Waals surface area contributed by atoms with E-state index >= 15 is 26.3 Å². The number of amides is 2. The summed E-state index contributed by atoms with van der Waals surface area (Å²) in [6, 6.07) is 18.4. The molecular weight excluding hydrogens is 1800 g/mol. The van der Waals surface area contributed by atoms with Crippen LogP contribution in [0.3, 0.4) is 0 Å². The zero-order chi connectivity index (χ0) is 70.1. The highest BCUT2D eigenvalue weighted by Crippen LogP contribution is 2.56. The van der Waals surface area contributed by atoms with Crippen LogP contribution in [0.25, 0.3) is 0 Å². The Bertz CT molecular complexity index is 4120. The van der Waals surface area contributed by atoms with Crippen LogP contribution in [0.4, 0.5) is 37.7 Å². The van der Waals surface area contributed by atoms with E-state index in [1.807, 2.05) is 0 Å². The van der Waals surface area contributed by atoms with Crippen LogP contribution >= 0.6 is 127 Å². The van der Waals surface area contributed by atoms with Gasteiger partial charge in [0.1, 0.15) is 22.3 Å². The number of hydrogen-bond acceptors (Lipinski definition) is 14. The number of carboxylic acid groups (broad SMARTS) is 4. The summed E-state index contributed by atoms with van der Waals surface area (Å²) < 4.78 is 116. The van der Waals surface area contributed by atoms with E-state index in [1.54, 1.807) is 0 Å². The number of benzene rings is 8. The normalized spacial score (nSPS) is 11.4. The fourth-order valence-electron chi connectivity index (χ4n) is 8.90. The topological polar surface area (TPSA) is 313 Å². The van der Waals surface area contributed by atoms with Gasteiger partial charge in [0.25, 0.3) is 11.8 Å². The molecule has 0 bridgehead atoms. The lowest BCUT2D eigenvalue weighted by atomic mass is 9.72. The first kappa shape index (κ1) is 72.7. The number of rotatable bonds is 18. The second-order valence-corrected chi connectivity index (χ2v) is 26.3. The van der Waals surface area contributed by atoms with E-state index in [4.69, 9.17) is 18.9 Å². The Morgan fingerprint density at radius 1 is 0.316 bits per heavy atom. The van der Waals surface area contributed by atoms with E-state index in [0.29, 0.717) is 48.5 Å². The minimum atomic E-state index is -6.25. The van der Waals surface area contributed by atoms with Gasteiger partial charge < -0.3 is 50.0 Å². The van der Waals surface area contributed by atoms with Crippen LogP contribution in [-0.4, -0.2) is 92.3 Å². The first-order valence-electron chi connectivity index (χ1n) is 25.4. The SMILES string of the molecule is O=C(Nc1cc(C(=O)Oc2c(Br)cc(Br)cc2C(=O)O)cc(C(=O)Oc2c(Br)cc(Br)cc2C(=O)O)c1)c1ccc(C(c2ccc(C(=O)Nc3cc(C(=O)Oc4c(Br)cc(Br)cc4C(=O)O)cc(C(=O)Oc4c(Br)cc(Br)cc4C(=O)O)c3)cc2)(C(F)(F)F)C(F)(F)F)cc1. The minimum Gasteiger partial charge on any atom is -0.478 e. The fraction of sp³-hybridized carbons (Fsp3) is 0.0492. The summed E-state index contributed by atoms with van der Waals surface area (Å²) in [6.07, 6.45) is -12.5. The Morgan fingerprint density at radius 2 is 0.537 bits per heavy atom. The van der Waals surface area contributed by atoms with Crippen molar-refractivity contribution < 1.29 is 114 Å². The number of carbonyl (C=O) groups is 10. The van der Waals surface area contributed by atoms with Gasteiger partial charge >= 0.3 is 60.1 Å². The van der Waals surface area contributed by atoms with Crippen LogP contribution < -0.4 is 29.6 Å². The van der Waals surface area contributed by atoms with E-state index in [9.17, 15) is 68.4 Å². The van der Waals surface area contributed by atoms with Crippen LogP contribution in [-0.2, 0) is 5.41 Å². The Hall–Kier alpha value is -8.12. The van der Waals surface area contributed by atoms with Gasteiger partial charge in [-0.1, -0.05) is 88.0 Å². The molecule has 2 amide bonds. The summed E-state index contributed by atoms with van der Waals surface area (Å²) in [5.74, 6) is -16.5. The number of ether oxygens (including phenoxy) is 4. The first-order valence-corrected chi connectivity index (χ1v) is 31.8. The molecule has 8 rings (SSSR count). The summed E-state index contributed by atoms with van der Waals surface area (Å²) in [6.45, 7) is 0. The molecule has 20 nitrogen and oxygen atoms in total. The van der Waals surface area contributed by atoms with Gasteiger partial charge in [-0.25, -0.2) is 38.4 Å². The highest BCUT2D eigenvalue weighted by atomic mass is 79.9. The van der Waals surface area contributed by atoms with E-state index in [-0.39, 0.29) is 35.8 Å². The number of carbonyl (C=O) groups excluding carboxylic acids is 6. The molecule has 8 aromatic carbocycles. The lowest BCUT2D eigenvalue weighted by Crippen LogP contribution is -2.54. The van der Waals surface area contributed by atoms with Crippen molar-refractivity contribution in [1.82, 2.24) is 0 Å². The van der Waals surface area contributed by atoms with Crippen molar-refractivity contribution in [2.24, 2.45) is 0 Å². The highest BCUT2D eigenvalue weighted by molar-refractivity contribution is 9.12. The van der Waals surface area contributed by atoms with Crippen LogP contribution in [0.5, 0.6) is 23.0 Å². The van der Waals surface area contributed by atoms with E-state index in [1.165, 1.54) is 24.3 Å². The quantitative estimate of drug-likeness (QED) is 0.0264. The van der Waals surface area contributed by atoms with Crippen LogP contribution in [0, 0.1) is 0 Å². The third-order valence-electron chi connectivity index (χ3n) is 13.1. The number of esters is 4. The molecule has 0 heterocycles. The Kier molecular flexibility index (Phi) is 22.3. The average molecular weight is 1830 g/mol. The largest absolute Gasteiger partial charge is 0.478 e. The van der Waals surface area contributed by atoms with Crippen molar-refractivity contribution in [2.45, 2.75) is 17.8 Å². The molecule has 0 aliphatic heterocycles. The molecular formula is C61H28Br8F6N2O18. The first-order chi connectivity index (χ1) is 44.4. The molecule has 95 heavy (non-hydrogen) atoms. The number of aromatic carboxylic acids is 4. The van der Waals surface area contributed by atoms with Crippen LogP contribution in [0.2, 0.25) is 0 Å². The number of hydrogen-bond donors (Lipinski definition) is 6. The van der Waals surface area contributed by atoms with Crippen LogP contribution in [0.1, 0.15) is 115 Å². The summed E-state index contributed by atoms with van der Waals surface area (Å²) >= 11 is 24.9. The second-order valence-electron chi connectivity index (χ2n) is 19.2. The number of anilines is 2. The fourth-order valence-corrected chi connectivity index (χ4v) is 14.1. The molecule has 0 saturated carbocycles. The van der Waals surface area contributed by atoms with Gasteiger partial charge in [-0.15, -0.1) is 0 Å². The summed E-state index contributed by atoms with van der Waals surface area (Å²) in [7, 11) is 0. The standard InChI is InChI=1S/C61H28Br8F6N2O18/c62-31-15-37(51(80)81)45(41(66)19-31)92-55(88)25-9-26(56(89)93-46-38(52(82)83)16-32(63)20-42(46)67)12-35(11-25)76-49(78)23-1-5-29(6-2-23)59(60(70,71)72,61(73,74)75)30-7-3-24(4-8-30)50(79)77-36-13-27(57(90)94-47-39(53(84)85)17-33(64)21-43(47)68)10-28(14-36)58(91)95-48-40(54(86)87)18-34(65)22-44(48)69/h1-22H,(H,76,78)(H,77,79)(H,80,81)(H,82,83)(H,84,85)(H,86,87). The smallest absolute Gasteiger partial charge is 0.411 e. The van der Waals surface area contributed by atoms with E-state index < -0.39 is 178 Å². The van der Waals surface area contributed by atoms with Crippen molar-refractivity contribution >= 4 is 198 Å². The summed E-state index contributed by atoms with van der Waals surface area (Å²) in [5, 5.41) is 44.0. The van der Waals surface area contributed by atoms with Gasteiger partial charge in [-0.2, -0.15) is 26.3 Å². The Balaban J connectivity index is 1.11. The molecule has 34 heteroatoms. The molecule has 0 atom stereocenters. The maximum atomic E-state index is 15.5. The van der Waals surface area contributed by atoms with Crippen LogP contribution in [0.15, 0.2) is 169 Å². The maximum absolute atomic E-state index is 15.5. The van der Waals surface area contributed by atoms with Crippen molar-refractivity contribution in [3.63, 3.8) is 0 Å². The third kappa shape index (κ3) is 16.1. The number of nitrogens with one attached hydrogen (secondary N) is 2. The Labute approximate surface area is 594 Å². The van der Waals surface area contributed by atoms with E-state index in [2.05, 4.69) is 138 Å². The van der Waals surface area contributed by atoms with Gasteiger partial charge in [0.15, 0.2) is 23.0 Å². The van der Waals surface area contributed by atoms with Gasteiger partial charge in [-0.05, 0) is 184 Å². The molecule has 0 aromatic heterocycles. The zero-order valence-electron chi connectivity index (χ0n) is 46.0. The van der Waals surface area contributed by atoms with Crippen molar-refractivity contribution in [1.29, 1.82) is 0 Å². The Morgan fingerprint density at radius 3 is 0.737 bits per heavy atom. The lowest BCUT2D eigenvalue weighted by Gasteiger charge is -2.38. The molecule has 0 spiro atoms. The molecule has 6 N–H and O–H groups in total. The third-order valence-corrected chi connectivity index (χ3v) is 17.3. The molecule has 0 fully saturated rings. The summed E-state index contributed by atoms with van der Waals surface area (Å²) in [4.78, 5) is 132. The maximum Gasteiger partial charge on any atom is 0.411 e. The minimum absolute atomic E-state index is 0.0610. The predicted molar refractivity (Wildman–Crippen MR) is 350 cm³/mol. The van der Waals surface area contributed by atoms with Gasteiger partial charge in [0.05, 0.1) is 40.1 Å². The molecule has 0 aliphatic rings. The van der Waals surface area contributed by atoms with Crippen molar-refractivity contribution in [3.8, 4) is 23.0 Å². The number of halogens is 14. The van der Waals surface area contributed by atoms with Gasteiger partial charge in [0, 0.05) is 40.4 Å². The van der Waals surface area contributed by atoms with E-state index in [0.717, 1.165) is 60.7 Å². The zero-order valence-corrected chi connectivity index (χ0v) is 58.7. The number of carboxylic acids is 4. The molecule has 488 valence electrons. The molecule has 0 radical (unpaired) electrons. The number of alkyl halides is 6. The van der Waals surface area contributed by atoms with Gasteiger partial charge in [-0.3, -0.25) is 9.59 Å². The molecule has 8 aromatic rings. The summed E-state index contributed by atoms with van der Waals surface area (Å²) in [5.41, 5.74) is -14.8. The van der Waals surface area contributed by atoms with Crippen molar-refractivity contribution in [2.75, 3.05) is 10.6 Å². The molecule has 0 saturated heterocycles. The average Bonchev–Trinajstić information content (AvgIpc) is 0.717. The second kappa shape index (κ2) is 29.1. The highest BCUT2D eigenvalue weighted by Gasteiger charge is 2.72. The molecule has 0 unspecified atom stereocenters.